The molecule has 224 valence electrons. The van der Waals surface area contributed by atoms with E-state index in [1.54, 1.807) is 19.1 Å². The number of amides is 1. The third kappa shape index (κ3) is 6.39. The van der Waals surface area contributed by atoms with Crippen LogP contribution in [0.5, 0.6) is 5.75 Å². The minimum Gasteiger partial charge on any atom is -0.496 e. The number of carbonyl (C=O) groups excluding carboxylic acids is 2. The Balaban J connectivity index is 1.66. The molecule has 0 saturated heterocycles. The fourth-order valence-corrected chi connectivity index (χ4v) is 6.58. The van der Waals surface area contributed by atoms with Crippen molar-refractivity contribution in [2.75, 3.05) is 20.2 Å². The Bertz CT molecular complexity index is 1320. The Morgan fingerprint density at radius 3 is 2.34 bits per heavy atom. The number of nitrogens with zero attached hydrogens (tertiary/aromatic N) is 3. The number of halogens is 4. The number of hydrogen-bond acceptors (Lipinski definition) is 5. The third-order valence-electron chi connectivity index (χ3n) is 8.47. The number of hydrogen-bond donors (Lipinski definition) is 1. The van der Waals surface area contributed by atoms with Gasteiger partial charge in [0.2, 0.25) is 0 Å². The number of methoxy groups -OCH3 is 1. The average molecular weight is 598 g/mol. The summed E-state index contributed by atoms with van der Waals surface area (Å²) in [7, 11) is 1.37. The average Bonchev–Trinajstić information content (AvgIpc) is 3.32. The maximum atomic E-state index is 14.5. The van der Waals surface area contributed by atoms with Crippen LogP contribution in [0.15, 0.2) is 24.4 Å². The number of carboxylic acids is 1. The lowest BCUT2D eigenvalue weighted by Gasteiger charge is -2.44. The Kier molecular flexibility index (Phi) is 8.51. The molecule has 1 aromatic heterocycles. The van der Waals surface area contributed by atoms with E-state index in [-0.39, 0.29) is 59.9 Å². The zero-order valence-electron chi connectivity index (χ0n) is 23.6. The van der Waals surface area contributed by atoms with Crippen LogP contribution in [0.3, 0.4) is 0 Å². The number of Topliss-reactive ketones (excluding diaryl/α,β-unsaturated/α-hetero) is 1. The predicted octanol–water partition coefficient (Wildman–Crippen LogP) is 6.53. The fraction of sp³-hybridized carbons (Fsp3) is 0.586. The van der Waals surface area contributed by atoms with Crippen LogP contribution in [0.2, 0.25) is 5.02 Å². The van der Waals surface area contributed by atoms with Gasteiger partial charge in [-0.25, -0.2) is 0 Å². The summed E-state index contributed by atoms with van der Waals surface area (Å²) in [6.07, 6.45) is -1.76. The molecular weight excluding hydrogens is 563 g/mol. The highest BCUT2D eigenvalue weighted by molar-refractivity contribution is 6.34. The van der Waals surface area contributed by atoms with E-state index in [1.165, 1.54) is 13.2 Å². The van der Waals surface area contributed by atoms with E-state index in [0.29, 0.717) is 0 Å². The Morgan fingerprint density at radius 1 is 1.17 bits per heavy atom. The van der Waals surface area contributed by atoms with Gasteiger partial charge in [-0.1, -0.05) is 31.5 Å². The standard InChI is InChI=1S/C29H35ClF3N3O5/c1-27(2)12-17(13-27)15-35(16-21(37)23-20(30)6-5-7-22(23)41-4)25(38)19-14-34-36(24(19)29(31,32)33)18-8-10-28(3,11-9-18)26(39)40/h5-7,14,17-18H,8-13,15-16H2,1-4H3,(H,39,40). The van der Waals surface area contributed by atoms with Gasteiger partial charge in [0, 0.05) is 6.54 Å². The van der Waals surface area contributed by atoms with Crippen molar-refractivity contribution in [3.05, 3.63) is 46.2 Å². The number of carbonyl (C=O) groups is 3. The summed E-state index contributed by atoms with van der Waals surface area (Å²) >= 11 is 6.28. The number of alkyl halides is 3. The molecule has 0 aliphatic heterocycles. The second kappa shape index (κ2) is 11.3. The lowest BCUT2D eigenvalue weighted by Crippen LogP contribution is -2.45. The van der Waals surface area contributed by atoms with Gasteiger partial charge in [-0.15, -0.1) is 0 Å². The SMILES string of the molecule is COc1cccc(Cl)c1C(=O)CN(CC1CC(C)(C)C1)C(=O)c1cnn(C2CCC(C)(C(=O)O)CC2)c1C(F)(F)F. The molecule has 0 spiro atoms. The summed E-state index contributed by atoms with van der Waals surface area (Å²) in [5, 5.41) is 13.6. The van der Waals surface area contributed by atoms with Crippen molar-refractivity contribution in [1.29, 1.82) is 0 Å². The molecule has 4 rings (SSSR count). The highest BCUT2D eigenvalue weighted by atomic mass is 35.5. The maximum Gasteiger partial charge on any atom is 0.433 e. The van der Waals surface area contributed by atoms with Crippen molar-refractivity contribution in [1.82, 2.24) is 14.7 Å². The molecule has 0 radical (unpaired) electrons. The van der Waals surface area contributed by atoms with Gasteiger partial charge in [0.05, 0.1) is 47.5 Å². The molecule has 0 atom stereocenters. The van der Waals surface area contributed by atoms with Gasteiger partial charge in [-0.3, -0.25) is 19.1 Å². The van der Waals surface area contributed by atoms with Gasteiger partial charge in [-0.05, 0) is 68.9 Å². The molecule has 1 aromatic carbocycles. The molecule has 41 heavy (non-hydrogen) atoms. The molecule has 1 amide bonds. The monoisotopic (exact) mass is 597 g/mol. The molecule has 2 fully saturated rings. The molecule has 12 heteroatoms. The number of benzene rings is 1. The van der Waals surface area contributed by atoms with Crippen LogP contribution in [0.25, 0.3) is 0 Å². The van der Waals surface area contributed by atoms with Crippen molar-refractivity contribution in [3.63, 3.8) is 0 Å². The van der Waals surface area contributed by atoms with E-state index in [2.05, 4.69) is 18.9 Å². The lowest BCUT2D eigenvalue weighted by molar-refractivity contribution is -0.152. The molecular formula is C29H35ClF3N3O5. The van der Waals surface area contributed by atoms with E-state index >= 15 is 0 Å². The normalized spacial score (nSPS) is 22.6. The topological polar surface area (TPSA) is 102 Å². The highest BCUT2D eigenvalue weighted by Crippen LogP contribution is 2.46. The molecule has 2 saturated carbocycles. The summed E-state index contributed by atoms with van der Waals surface area (Å²) in [5.41, 5.74) is -2.75. The first kappa shape index (κ1) is 30.9. The van der Waals surface area contributed by atoms with Crippen molar-refractivity contribution in [2.24, 2.45) is 16.7 Å². The molecule has 8 nitrogen and oxygen atoms in total. The smallest absolute Gasteiger partial charge is 0.433 e. The van der Waals surface area contributed by atoms with Crippen LogP contribution >= 0.6 is 11.6 Å². The van der Waals surface area contributed by atoms with Crippen LogP contribution in [-0.4, -0.2) is 57.6 Å². The quantitative estimate of drug-likeness (QED) is 0.330. The van der Waals surface area contributed by atoms with Crippen molar-refractivity contribution in [2.45, 2.75) is 71.5 Å². The van der Waals surface area contributed by atoms with Crippen molar-refractivity contribution in [3.8, 4) is 5.75 Å². The van der Waals surface area contributed by atoms with Gasteiger partial charge in [-0.2, -0.15) is 18.3 Å². The number of carboxylic acid groups (broad SMARTS) is 1. The summed E-state index contributed by atoms with van der Waals surface area (Å²) in [6.45, 7) is 5.34. The summed E-state index contributed by atoms with van der Waals surface area (Å²) in [5.74, 6) is -2.27. The second-order valence-corrected chi connectivity index (χ2v) is 12.7. The molecule has 2 aromatic rings. The van der Waals surface area contributed by atoms with Crippen LogP contribution in [-0.2, 0) is 11.0 Å². The molecule has 1 heterocycles. The van der Waals surface area contributed by atoms with E-state index in [9.17, 15) is 32.7 Å². The summed E-state index contributed by atoms with van der Waals surface area (Å²) < 4.78 is 49.6. The van der Waals surface area contributed by atoms with Gasteiger partial charge in [0.1, 0.15) is 5.75 Å². The highest BCUT2D eigenvalue weighted by Gasteiger charge is 2.46. The zero-order valence-corrected chi connectivity index (χ0v) is 24.3. The van der Waals surface area contributed by atoms with Crippen LogP contribution in [0.4, 0.5) is 13.2 Å². The van der Waals surface area contributed by atoms with E-state index < -0.39 is 53.1 Å². The fourth-order valence-electron chi connectivity index (χ4n) is 6.31. The maximum absolute atomic E-state index is 14.5. The van der Waals surface area contributed by atoms with Crippen LogP contribution in [0.1, 0.15) is 91.7 Å². The largest absolute Gasteiger partial charge is 0.496 e. The molecule has 2 aliphatic rings. The van der Waals surface area contributed by atoms with E-state index in [4.69, 9.17) is 16.3 Å². The Morgan fingerprint density at radius 2 is 1.80 bits per heavy atom. The summed E-state index contributed by atoms with van der Waals surface area (Å²) in [4.78, 5) is 40.0. The Hall–Kier alpha value is -3.08. The molecule has 2 aliphatic carbocycles. The van der Waals surface area contributed by atoms with Gasteiger partial charge >= 0.3 is 12.1 Å². The second-order valence-electron chi connectivity index (χ2n) is 12.3. The van der Waals surface area contributed by atoms with Gasteiger partial charge < -0.3 is 14.7 Å². The van der Waals surface area contributed by atoms with Crippen molar-refractivity contribution < 1.29 is 37.4 Å². The number of ether oxygens (including phenoxy) is 1. The van der Waals surface area contributed by atoms with Crippen LogP contribution in [0, 0.1) is 16.7 Å². The molecule has 0 unspecified atom stereocenters. The van der Waals surface area contributed by atoms with E-state index in [0.717, 1.165) is 28.6 Å². The van der Waals surface area contributed by atoms with Gasteiger partial charge in [0.15, 0.2) is 11.5 Å². The first-order valence-corrected chi connectivity index (χ1v) is 14.0. The molecule has 1 N–H and O–H groups in total. The third-order valence-corrected chi connectivity index (χ3v) is 8.79. The first-order chi connectivity index (χ1) is 19.1. The lowest BCUT2D eigenvalue weighted by atomic mass is 9.64. The number of aliphatic carboxylic acids is 1. The first-order valence-electron chi connectivity index (χ1n) is 13.6. The number of ketones is 1. The number of rotatable bonds is 9. The minimum atomic E-state index is -4.91. The summed E-state index contributed by atoms with van der Waals surface area (Å²) in [6, 6.07) is 3.94. The predicted molar refractivity (Wildman–Crippen MR) is 145 cm³/mol. The number of aromatic nitrogens is 2. The van der Waals surface area contributed by atoms with E-state index in [1.807, 2.05) is 0 Å². The zero-order chi connectivity index (χ0) is 30.3. The van der Waals surface area contributed by atoms with Crippen molar-refractivity contribution >= 4 is 29.3 Å². The van der Waals surface area contributed by atoms with Crippen LogP contribution < -0.4 is 4.74 Å². The van der Waals surface area contributed by atoms with Gasteiger partial charge in [0.25, 0.3) is 5.91 Å². The molecule has 0 bridgehead atoms. The minimum absolute atomic E-state index is 0.0197. The Labute approximate surface area is 241 Å².